The molecule has 0 aliphatic rings. The van der Waals surface area contributed by atoms with Gasteiger partial charge < -0.3 is 36.8 Å². The second-order valence-corrected chi connectivity index (χ2v) is 5.40. The van der Waals surface area contributed by atoms with Crippen molar-refractivity contribution < 1.29 is 29.1 Å². The molecule has 1 unspecified atom stereocenters. The third kappa shape index (κ3) is 6.00. The molecule has 12 heteroatoms. The Morgan fingerprint density at radius 1 is 1.32 bits per heavy atom. The number of nitrogens with zero attached hydrogens (tertiary/aromatic N) is 2. The number of carbonyl (C=O) groups is 3. The van der Waals surface area contributed by atoms with Crippen LogP contribution >= 0.6 is 0 Å². The van der Waals surface area contributed by atoms with E-state index in [2.05, 4.69) is 20.8 Å². The zero-order valence-corrected chi connectivity index (χ0v) is 13.8. The molecule has 0 aromatic carbocycles. The summed E-state index contributed by atoms with van der Waals surface area (Å²) in [5.41, 5.74) is 10.9. The van der Waals surface area contributed by atoms with Crippen molar-refractivity contribution in [2.24, 2.45) is 11.5 Å². The number of carboxylic acid groups (broad SMARTS) is 1. The highest BCUT2D eigenvalue weighted by atomic mass is 16.5. The first-order valence-electron chi connectivity index (χ1n) is 7.50. The molecule has 1 aromatic rings. The van der Waals surface area contributed by atoms with Crippen LogP contribution < -0.4 is 22.1 Å². The minimum atomic E-state index is -1.54. The quantitative estimate of drug-likeness (QED) is 0.304. The lowest BCUT2D eigenvalue weighted by Gasteiger charge is -2.19. The summed E-state index contributed by atoms with van der Waals surface area (Å²) in [5.74, 6) is -2.08. The molecule has 25 heavy (non-hydrogen) atoms. The number of nitrogens with one attached hydrogen (secondary N) is 2. The maximum absolute atomic E-state index is 12.0. The van der Waals surface area contributed by atoms with Gasteiger partial charge in [-0.1, -0.05) is 12.1 Å². The highest BCUT2D eigenvalue weighted by molar-refractivity contribution is 5.83. The van der Waals surface area contributed by atoms with Gasteiger partial charge in [-0.05, 0) is 13.3 Å². The zero-order valence-electron chi connectivity index (χ0n) is 13.8. The zero-order chi connectivity index (χ0) is 19.1. The standard InChI is InChI=1S/C13H22N6O6/c1-3-6(14)10-18-11(25-19-10)7(4-8(15)21)16-13(24)17-9(5(2)20)12(22)23/h5-7,9,20H,3-4,14H2,1-2H3,(H2,15,21)(H,22,23)(H2,16,17,24)/t5?,6-,7-,9-/m0/s1. The maximum Gasteiger partial charge on any atom is 0.328 e. The molecule has 1 heterocycles. The van der Waals surface area contributed by atoms with Gasteiger partial charge in [-0.25, -0.2) is 9.59 Å². The summed E-state index contributed by atoms with van der Waals surface area (Å²) in [4.78, 5) is 38.2. The summed E-state index contributed by atoms with van der Waals surface area (Å²) in [6, 6.07) is -4.06. The third-order valence-corrected chi connectivity index (χ3v) is 3.27. The largest absolute Gasteiger partial charge is 0.480 e. The van der Waals surface area contributed by atoms with E-state index in [0.717, 1.165) is 0 Å². The number of hydrogen-bond acceptors (Lipinski definition) is 8. The third-order valence-electron chi connectivity index (χ3n) is 3.27. The number of aliphatic hydroxyl groups is 1. The first-order valence-corrected chi connectivity index (χ1v) is 7.50. The van der Waals surface area contributed by atoms with Gasteiger partial charge in [-0.3, -0.25) is 4.79 Å². The summed E-state index contributed by atoms with van der Waals surface area (Å²) in [7, 11) is 0. The number of carboxylic acids is 1. The Hall–Kier alpha value is -2.73. The Morgan fingerprint density at radius 3 is 2.44 bits per heavy atom. The Bertz CT molecular complexity index is 618. The number of primary amides is 1. The van der Waals surface area contributed by atoms with Crippen molar-refractivity contribution in [1.29, 1.82) is 0 Å². The van der Waals surface area contributed by atoms with Gasteiger partial charge in [0.1, 0.15) is 6.04 Å². The van der Waals surface area contributed by atoms with Gasteiger partial charge in [0.2, 0.25) is 11.8 Å². The second kappa shape index (κ2) is 8.94. The van der Waals surface area contributed by atoms with Gasteiger partial charge in [-0.15, -0.1) is 0 Å². The monoisotopic (exact) mass is 358 g/mol. The fourth-order valence-corrected chi connectivity index (χ4v) is 1.85. The minimum absolute atomic E-state index is 0.100. The van der Waals surface area contributed by atoms with Crippen LogP contribution in [0.3, 0.4) is 0 Å². The van der Waals surface area contributed by atoms with Crippen LogP contribution in [0.5, 0.6) is 0 Å². The number of aromatic nitrogens is 2. The van der Waals surface area contributed by atoms with E-state index < -0.39 is 42.1 Å². The van der Waals surface area contributed by atoms with Crippen molar-refractivity contribution >= 4 is 17.9 Å². The second-order valence-electron chi connectivity index (χ2n) is 5.40. The summed E-state index contributed by atoms with van der Waals surface area (Å²) >= 11 is 0. The summed E-state index contributed by atoms with van der Waals surface area (Å²) in [6.45, 7) is 3.02. The van der Waals surface area contributed by atoms with Gasteiger partial charge in [-0.2, -0.15) is 4.98 Å². The fourth-order valence-electron chi connectivity index (χ4n) is 1.85. The van der Waals surface area contributed by atoms with Crippen LogP contribution in [-0.2, 0) is 9.59 Å². The average molecular weight is 358 g/mol. The lowest BCUT2D eigenvalue weighted by Crippen LogP contribution is -2.52. The van der Waals surface area contributed by atoms with Gasteiger partial charge in [0.15, 0.2) is 11.9 Å². The average Bonchev–Trinajstić information content (AvgIpc) is 3.00. The van der Waals surface area contributed by atoms with E-state index in [4.69, 9.17) is 21.1 Å². The van der Waals surface area contributed by atoms with Crippen LogP contribution in [0.2, 0.25) is 0 Å². The number of nitrogens with two attached hydrogens (primary N) is 2. The first kappa shape index (κ1) is 20.3. The lowest BCUT2D eigenvalue weighted by atomic mass is 10.2. The highest BCUT2D eigenvalue weighted by Gasteiger charge is 2.28. The number of aliphatic hydroxyl groups excluding tert-OH is 1. The molecule has 0 bridgehead atoms. The number of urea groups is 1. The van der Waals surface area contributed by atoms with Crippen molar-refractivity contribution in [2.45, 2.75) is 50.9 Å². The Balaban J connectivity index is 2.89. The van der Waals surface area contributed by atoms with Crippen LogP contribution in [0, 0.1) is 0 Å². The van der Waals surface area contributed by atoms with E-state index in [0.29, 0.717) is 6.42 Å². The molecule has 4 atom stereocenters. The summed E-state index contributed by atoms with van der Waals surface area (Å²) in [5, 5.41) is 26.4. The van der Waals surface area contributed by atoms with E-state index in [-0.39, 0.29) is 18.1 Å². The smallest absolute Gasteiger partial charge is 0.328 e. The molecular weight excluding hydrogens is 336 g/mol. The molecule has 0 aliphatic heterocycles. The molecular formula is C13H22N6O6. The molecule has 12 nitrogen and oxygen atoms in total. The van der Waals surface area contributed by atoms with E-state index in [9.17, 15) is 19.5 Å². The van der Waals surface area contributed by atoms with E-state index in [1.807, 2.05) is 6.92 Å². The van der Waals surface area contributed by atoms with Crippen LogP contribution in [0.15, 0.2) is 4.52 Å². The molecule has 0 fully saturated rings. The number of carbonyl (C=O) groups excluding carboxylic acids is 2. The van der Waals surface area contributed by atoms with Crippen molar-refractivity contribution in [1.82, 2.24) is 20.8 Å². The normalized spacial score (nSPS) is 15.7. The van der Waals surface area contributed by atoms with Gasteiger partial charge in [0.05, 0.1) is 18.6 Å². The predicted molar refractivity (Wildman–Crippen MR) is 82.8 cm³/mol. The predicted octanol–water partition coefficient (Wildman–Crippen LogP) is -1.47. The molecule has 8 N–H and O–H groups in total. The number of amides is 3. The van der Waals surface area contributed by atoms with E-state index in [1.165, 1.54) is 6.92 Å². The first-order chi connectivity index (χ1) is 11.6. The molecule has 0 spiro atoms. The van der Waals surface area contributed by atoms with Crippen molar-refractivity contribution in [3.8, 4) is 0 Å². The van der Waals surface area contributed by atoms with Crippen LogP contribution in [-0.4, -0.2) is 50.4 Å². The van der Waals surface area contributed by atoms with Crippen LogP contribution in [0.1, 0.15) is 50.5 Å². The minimum Gasteiger partial charge on any atom is -0.480 e. The van der Waals surface area contributed by atoms with Crippen LogP contribution in [0.4, 0.5) is 4.79 Å². The summed E-state index contributed by atoms with van der Waals surface area (Å²) in [6.07, 6.45) is -1.15. The van der Waals surface area contributed by atoms with Crippen molar-refractivity contribution in [2.75, 3.05) is 0 Å². The Morgan fingerprint density at radius 2 is 1.96 bits per heavy atom. The Labute approximate surface area is 142 Å². The number of hydrogen-bond donors (Lipinski definition) is 6. The molecule has 3 amide bonds. The molecule has 0 saturated carbocycles. The highest BCUT2D eigenvalue weighted by Crippen LogP contribution is 2.17. The van der Waals surface area contributed by atoms with Crippen molar-refractivity contribution in [3.05, 3.63) is 11.7 Å². The molecule has 0 radical (unpaired) electrons. The number of aliphatic carboxylic acids is 1. The fraction of sp³-hybridized carbons (Fsp3) is 0.615. The topological polar surface area (TPSA) is 207 Å². The van der Waals surface area contributed by atoms with E-state index >= 15 is 0 Å². The van der Waals surface area contributed by atoms with Crippen molar-refractivity contribution in [3.63, 3.8) is 0 Å². The molecule has 140 valence electrons. The molecule has 0 aliphatic carbocycles. The van der Waals surface area contributed by atoms with Gasteiger partial charge >= 0.3 is 12.0 Å². The Kier molecular flexibility index (Phi) is 7.26. The number of rotatable bonds is 9. The summed E-state index contributed by atoms with van der Waals surface area (Å²) < 4.78 is 4.99. The van der Waals surface area contributed by atoms with E-state index in [1.54, 1.807) is 0 Å². The molecule has 0 saturated heterocycles. The van der Waals surface area contributed by atoms with Crippen LogP contribution in [0.25, 0.3) is 0 Å². The van der Waals surface area contributed by atoms with Gasteiger partial charge in [0, 0.05) is 0 Å². The molecule has 1 rings (SSSR count). The molecule has 1 aromatic heterocycles. The maximum atomic E-state index is 12.0. The lowest BCUT2D eigenvalue weighted by molar-refractivity contribution is -0.141. The SMILES string of the molecule is CC[C@H](N)c1noc([C@H](CC(N)=O)NC(=O)N[C@H](C(=O)O)C(C)O)n1. The van der Waals surface area contributed by atoms with Gasteiger partial charge in [0.25, 0.3) is 0 Å².